The minimum Gasteiger partial charge on any atom is -0.493 e. The lowest BCUT2D eigenvalue weighted by Gasteiger charge is -2.18. The Bertz CT molecular complexity index is 1440. The van der Waals surface area contributed by atoms with E-state index < -0.39 is 0 Å². The monoisotopic (exact) mass is 503 g/mol. The van der Waals surface area contributed by atoms with Crippen molar-refractivity contribution in [2.45, 2.75) is 31.8 Å². The minimum atomic E-state index is 0.183. The largest absolute Gasteiger partial charge is 0.493 e. The first-order valence-electron chi connectivity index (χ1n) is 12.0. The van der Waals surface area contributed by atoms with Crippen LogP contribution in [0.2, 0.25) is 0 Å². The number of ether oxygens (including phenoxy) is 5. The Morgan fingerprint density at radius 2 is 1.65 bits per heavy atom. The fourth-order valence-corrected chi connectivity index (χ4v) is 4.72. The SMILES string of the molecule is COc1ccc(Nc2c(-c3cc(OC)c(OC)c(OC)c3)[nH]c3c(C#N)cnn23)cc1OC1CCCC1. The third-order valence-electron chi connectivity index (χ3n) is 6.56. The van der Waals surface area contributed by atoms with E-state index in [2.05, 4.69) is 21.5 Å². The number of nitrogens with one attached hydrogen (secondary N) is 2. The summed E-state index contributed by atoms with van der Waals surface area (Å²) in [5, 5.41) is 17.5. The van der Waals surface area contributed by atoms with Gasteiger partial charge in [-0.25, -0.2) is 0 Å². The molecule has 192 valence electrons. The van der Waals surface area contributed by atoms with E-state index in [0.29, 0.717) is 51.5 Å². The molecule has 0 bridgehead atoms. The van der Waals surface area contributed by atoms with Crippen LogP contribution in [0.4, 0.5) is 11.5 Å². The van der Waals surface area contributed by atoms with Crippen LogP contribution in [0, 0.1) is 11.3 Å². The Kier molecular flexibility index (Phi) is 6.68. The van der Waals surface area contributed by atoms with Crippen LogP contribution in [0.25, 0.3) is 16.9 Å². The number of anilines is 2. The van der Waals surface area contributed by atoms with Crippen LogP contribution in [0.15, 0.2) is 36.5 Å². The zero-order valence-corrected chi connectivity index (χ0v) is 21.3. The van der Waals surface area contributed by atoms with Gasteiger partial charge in [0.15, 0.2) is 34.5 Å². The first-order valence-corrected chi connectivity index (χ1v) is 12.0. The van der Waals surface area contributed by atoms with Crippen LogP contribution in [-0.4, -0.2) is 49.1 Å². The van der Waals surface area contributed by atoms with Crippen LogP contribution >= 0.6 is 0 Å². The predicted octanol–water partition coefficient (Wildman–Crippen LogP) is 5.30. The maximum atomic E-state index is 9.62. The molecule has 2 heterocycles. The van der Waals surface area contributed by atoms with Crippen molar-refractivity contribution in [3.8, 4) is 46.1 Å². The molecule has 10 nitrogen and oxygen atoms in total. The molecule has 0 saturated heterocycles. The van der Waals surface area contributed by atoms with E-state index in [0.717, 1.165) is 24.1 Å². The number of imidazole rings is 1. The molecule has 0 atom stereocenters. The Hall–Kier alpha value is -4.52. The summed E-state index contributed by atoms with van der Waals surface area (Å²) in [4.78, 5) is 3.34. The first-order chi connectivity index (χ1) is 18.1. The quantitative estimate of drug-likeness (QED) is 0.316. The Balaban J connectivity index is 1.61. The van der Waals surface area contributed by atoms with Crippen LogP contribution in [-0.2, 0) is 0 Å². The van der Waals surface area contributed by atoms with Gasteiger partial charge in [0.25, 0.3) is 0 Å². The van der Waals surface area contributed by atoms with Crippen LogP contribution < -0.4 is 29.0 Å². The molecule has 2 N–H and O–H groups in total. The van der Waals surface area contributed by atoms with Gasteiger partial charge in [-0.1, -0.05) is 0 Å². The minimum absolute atomic E-state index is 0.183. The fraction of sp³-hybridized carbons (Fsp3) is 0.333. The number of fused-ring (bicyclic) bond motifs is 1. The lowest BCUT2D eigenvalue weighted by atomic mass is 10.1. The van der Waals surface area contributed by atoms with Gasteiger partial charge in [0, 0.05) is 17.3 Å². The molecular weight excluding hydrogens is 474 g/mol. The number of aromatic amines is 1. The maximum absolute atomic E-state index is 9.62. The van der Waals surface area contributed by atoms with E-state index in [1.54, 1.807) is 33.0 Å². The highest BCUT2D eigenvalue weighted by molar-refractivity contribution is 5.83. The second kappa shape index (κ2) is 10.2. The number of H-pyrrole nitrogens is 1. The average molecular weight is 504 g/mol. The molecule has 10 heteroatoms. The number of nitriles is 1. The fourth-order valence-electron chi connectivity index (χ4n) is 4.72. The van der Waals surface area contributed by atoms with Crippen LogP contribution in [0.5, 0.6) is 28.7 Å². The lowest BCUT2D eigenvalue weighted by Crippen LogP contribution is -2.11. The Labute approximate surface area is 214 Å². The third-order valence-corrected chi connectivity index (χ3v) is 6.56. The third kappa shape index (κ3) is 4.44. The summed E-state index contributed by atoms with van der Waals surface area (Å²) < 4.78 is 30.1. The number of benzene rings is 2. The molecule has 0 amide bonds. The standard InChI is InChI=1S/C27H29N5O5/c1-33-20-10-9-18(13-21(20)37-19-7-5-6-8-19)30-27-24(31-26-17(14-28)15-29-32(26)27)16-11-22(34-2)25(36-4)23(12-16)35-3/h9-13,15,19,30-31H,5-8H2,1-4H3. The molecule has 1 saturated carbocycles. The van der Waals surface area contributed by atoms with Gasteiger partial charge >= 0.3 is 0 Å². The van der Waals surface area contributed by atoms with Crippen molar-refractivity contribution in [2.24, 2.45) is 0 Å². The summed E-state index contributed by atoms with van der Waals surface area (Å²) in [5.41, 5.74) is 3.19. The van der Waals surface area contributed by atoms with Crippen molar-refractivity contribution in [1.29, 1.82) is 5.26 Å². The number of rotatable bonds is 9. The normalized spacial score (nSPS) is 13.4. The molecule has 0 radical (unpaired) electrons. The molecule has 37 heavy (non-hydrogen) atoms. The summed E-state index contributed by atoms with van der Waals surface area (Å²) in [5.74, 6) is 3.48. The second-order valence-electron chi connectivity index (χ2n) is 8.71. The number of methoxy groups -OCH3 is 4. The molecule has 1 fully saturated rings. The van der Waals surface area contributed by atoms with Gasteiger partial charge in [-0.05, 0) is 49.9 Å². The average Bonchev–Trinajstić information content (AvgIpc) is 3.66. The van der Waals surface area contributed by atoms with Crippen molar-refractivity contribution < 1.29 is 23.7 Å². The number of hydrogen-bond acceptors (Lipinski definition) is 8. The highest BCUT2D eigenvalue weighted by Crippen LogP contribution is 2.43. The summed E-state index contributed by atoms with van der Waals surface area (Å²) in [6.07, 6.45) is 6.13. The zero-order chi connectivity index (χ0) is 25.9. The smallest absolute Gasteiger partial charge is 0.203 e. The van der Waals surface area contributed by atoms with E-state index in [1.165, 1.54) is 19.0 Å². The lowest BCUT2D eigenvalue weighted by molar-refractivity contribution is 0.201. The summed E-state index contributed by atoms with van der Waals surface area (Å²) in [6.45, 7) is 0. The molecule has 0 aliphatic heterocycles. The summed E-state index contributed by atoms with van der Waals surface area (Å²) in [7, 11) is 6.33. The molecule has 1 aliphatic carbocycles. The van der Waals surface area contributed by atoms with E-state index in [1.807, 2.05) is 30.3 Å². The van der Waals surface area contributed by atoms with Crippen molar-refractivity contribution in [3.05, 3.63) is 42.1 Å². The van der Waals surface area contributed by atoms with Crippen molar-refractivity contribution in [2.75, 3.05) is 33.8 Å². The molecular formula is C27H29N5O5. The van der Waals surface area contributed by atoms with E-state index in [-0.39, 0.29) is 6.10 Å². The predicted molar refractivity (Wildman–Crippen MR) is 139 cm³/mol. The van der Waals surface area contributed by atoms with Gasteiger partial charge < -0.3 is 34.0 Å². The van der Waals surface area contributed by atoms with Gasteiger partial charge in [0.05, 0.1) is 46.4 Å². The molecule has 1 aliphatic rings. The first kappa shape index (κ1) is 24.2. The molecule has 2 aromatic heterocycles. The number of hydrogen-bond donors (Lipinski definition) is 2. The summed E-state index contributed by atoms with van der Waals surface area (Å²) >= 11 is 0. The van der Waals surface area contributed by atoms with E-state index >= 15 is 0 Å². The second-order valence-corrected chi connectivity index (χ2v) is 8.71. The molecule has 4 aromatic rings. The van der Waals surface area contributed by atoms with E-state index in [9.17, 15) is 5.26 Å². The van der Waals surface area contributed by atoms with Crippen LogP contribution in [0.3, 0.4) is 0 Å². The van der Waals surface area contributed by atoms with Crippen molar-refractivity contribution in [3.63, 3.8) is 0 Å². The Morgan fingerprint density at radius 1 is 0.946 bits per heavy atom. The van der Waals surface area contributed by atoms with E-state index in [4.69, 9.17) is 23.7 Å². The van der Waals surface area contributed by atoms with Crippen LogP contribution in [0.1, 0.15) is 31.2 Å². The van der Waals surface area contributed by atoms with Gasteiger partial charge in [0.1, 0.15) is 11.6 Å². The molecule has 0 unspecified atom stereocenters. The van der Waals surface area contributed by atoms with Gasteiger partial charge in [-0.3, -0.25) is 0 Å². The highest BCUT2D eigenvalue weighted by atomic mass is 16.5. The molecule has 2 aromatic carbocycles. The zero-order valence-electron chi connectivity index (χ0n) is 21.3. The van der Waals surface area contributed by atoms with Gasteiger partial charge in [-0.15, -0.1) is 0 Å². The topological polar surface area (TPSA) is 115 Å². The van der Waals surface area contributed by atoms with Gasteiger partial charge in [-0.2, -0.15) is 14.9 Å². The Morgan fingerprint density at radius 3 is 2.27 bits per heavy atom. The molecule has 5 rings (SSSR count). The van der Waals surface area contributed by atoms with Crippen molar-refractivity contribution in [1.82, 2.24) is 14.6 Å². The van der Waals surface area contributed by atoms with Crippen molar-refractivity contribution >= 4 is 17.2 Å². The number of nitrogens with zero attached hydrogens (tertiary/aromatic N) is 3. The molecule has 0 spiro atoms. The highest BCUT2D eigenvalue weighted by Gasteiger charge is 2.23. The number of aromatic nitrogens is 3. The van der Waals surface area contributed by atoms with Gasteiger partial charge in [0.2, 0.25) is 5.75 Å². The maximum Gasteiger partial charge on any atom is 0.203 e. The summed E-state index contributed by atoms with van der Waals surface area (Å²) in [6, 6.07) is 11.6.